The molecule has 26 heavy (non-hydrogen) atoms. The molecule has 2 aromatic rings. The van der Waals surface area contributed by atoms with Gasteiger partial charge in [-0.3, -0.25) is 14.7 Å². The zero-order chi connectivity index (χ0) is 18.4. The molecule has 0 saturated carbocycles. The van der Waals surface area contributed by atoms with E-state index in [9.17, 15) is 4.79 Å². The Morgan fingerprint density at radius 2 is 1.92 bits per heavy atom. The van der Waals surface area contributed by atoms with Gasteiger partial charge in [0.2, 0.25) is 0 Å². The molecule has 1 aliphatic heterocycles. The molecule has 1 aromatic heterocycles. The molecule has 1 fully saturated rings. The van der Waals surface area contributed by atoms with Crippen molar-refractivity contribution in [3.8, 4) is 5.75 Å². The number of pyridine rings is 1. The molecule has 1 amide bonds. The lowest BCUT2D eigenvalue weighted by atomic mass is 10.1. The second kappa shape index (κ2) is 8.81. The number of hydrogen-bond donors (Lipinski definition) is 0. The van der Waals surface area contributed by atoms with Crippen LogP contribution in [0.1, 0.15) is 29.9 Å². The van der Waals surface area contributed by atoms with Crippen LogP contribution in [0.25, 0.3) is 0 Å². The van der Waals surface area contributed by atoms with Crippen LogP contribution in [0.15, 0.2) is 48.7 Å². The molecule has 0 bridgehead atoms. The van der Waals surface area contributed by atoms with Crippen LogP contribution >= 0.6 is 0 Å². The Hall–Kier alpha value is -2.40. The molecule has 5 heteroatoms. The van der Waals surface area contributed by atoms with Crippen molar-refractivity contribution in [1.29, 1.82) is 0 Å². The summed E-state index contributed by atoms with van der Waals surface area (Å²) in [5.74, 6) is 1.30. The van der Waals surface area contributed by atoms with Gasteiger partial charge in [-0.15, -0.1) is 0 Å². The second-order valence-electron chi connectivity index (χ2n) is 7.12. The van der Waals surface area contributed by atoms with Crippen molar-refractivity contribution in [2.24, 2.45) is 5.92 Å². The summed E-state index contributed by atoms with van der Waals surface area (Å²) in [6, 6.07) is 13.5. The van der Waals surface area contributed by atoms with Crippen molar-refractivity contribution >= 4 is 5.91 Å². The highest BCUT2D eigenvalue weighted by Crippen LogP contribution is 2.17. The number of carbonyl (C=O) groups excluding carboxylic acids is 1. The van der Waals surface area contributed by atoms with Gasteiger partial charge in [-0.2, -0.15) is 0 Å². The lowest BCUT2D eigenvalue weighted by molar-refractivity contribution is 0.0626. The number of rotatable bonds is 6. The van der Waals surface area contributed by atoms with Crippen LogP contribution in [0.2, 0.25) is 0 Å². The van der Waals surface area contributed by atoms with Gasteiger partial charge < -0.3 is 9.64 Å². The van der Waals surface area contributed by atoms with Crippen molar-refractivity contribution in [1.82, 2.24) is 14.8 Å². The standard InChI is InChI=1S/C21H27N3O2/c1-17(2)16-26-20-8-5-6-18(14-20)21(25)24-12-10-23(11-13-24)15-19-7-3-4-9-22-19/h3-9,14,17H,10-13,15-16H2,1-2H3. The first-order valence-corrected chi connectivity index (χ1v) is 9.26. The molecule has 0 spiro atoms. The Kier molecular flexibility index (Phi) is 6.23. The maximum atomic E-state index is 12.8. The number of piperazine rings is 1. The fraction of sp³-hybridized carbons (Fsp3) is 0.429. The SMILES string of the molecule is CC(C)COc1cccc(C(=O)N2CCN(Cc3ccccn3)CC2)c1. The summed E-state index contributed by atoms with van der Waals surface area (Å²) in [7, 11) is 0. The van der Waals surface area contributed by atoms with Crippen molar-refractivity contribution < 1.29 is 9.53 Å². The molecular formula is C21H27N3O2. The van der Waals surface area contributed by atoms with Gasteiger partial charge in [0, 0.05) is 44.5 Å². The molecule has 5 nitrogen and oxygen atoms in total. The highest BCUT2D eigenvalue weighted by molar-refractivity contribution is 5.94. The van der Waals surface area contributed by atoms with Gasteiger partial charge in [-0.25, -0.2) is 0 Å². The van der Waals surface area contributed by atoms with E-state index in [2.05, 4.69) is 23.7 Å². The highest BCUT2D eigenvalue weighted by Gasteiger charge is 2.22. The fourth-order valence-corrected chi connectivity index (χ4v) is 2.99. The number of carbonyl (C=O) groups is 1. The first-order chi connectivity index (χ1) is 12.6. The summed E-state index contributed by atoms with van der Waals surface area (Å²) in [6.07, 6.45) is 1.82. The number of benzene rings is 1. The number of amides is 1. The number of nitrogens with zero attached hydrogens (tertiary/aromatic N) is 3. The Labute approximate surface area is 155 Å². The summed E-state index contributed by atoms with van der Waals surface area (Å²) in [4.78, 5) is 21.4. The molecule has 1 saturated heterocycles. The normalized spacial score (nSPS) is 15.3. The van der Waals surface area contributed by atoms with E-state index in [0.29, 0.717) is 18.1 Å². The Balaban J connectivity index is 1.54. The van der Waals surface area contributed by atoms with Crippen LogP contribution in [0.5, 0.6) is 5.75 Å². The molecule has 0 N–H and O–H groups in total. The summed E-state index contributed by atoms with van der Waals surface area (Å²) >= 11 is 0. The minimum Gasteiger partial charge on any atom is -0.493 e. The third-order valence-electron chi connectivity index (χ3n) is 4.44. The quantitative estimate of drug-likeness (QED) is 0.801. The Morgan fingerprint density at radius 3 is 2.62 bits per heavy atom. The molecule has 2 heterocycles. The summed E-state index contributed by atoms with van der Waals surface area (Å²) in [5.41, 5.74) is 1.77. The predicted molar refractivity (Wildman–Crippen MR) is 102 cm³/mol. The molecular weight excluding hydrogens is 326 g/mol. The van der Waals surface area contributed by atoms with Crippen LogP contribution < -0.4 is 4.74 Å². The van der Waals surface area contributed by atoms with Crippen LogP contribution in [-0.4, -0.2) is 53.5 Å². The predicted octanol–water partition coefficient (Wildman–Crippen LogP) is 3.07. The molecule has 138 valence electrons. The first kappa shape index (κ1) is 18.4. The smallest absolute Gasteiger partial charge is 0.254 e. The molecule has 3 rings (SSSR count). The molecule has 1 aliphatic rings. The van der Waals surface area contributed by atoms with E-state index >= 15 is 0 Å². The highest BCUT2D eigenvalue weighted by atomic mass is 16.5. The maximum Gasteiger partial charge on any atom is 0.254 e. The number of hydrogen-bond acceptors (Lipinski definition) is 4. The number of ether oxygens (including phenoxy) is 1. The van der Waals surface area contributed by atoms with E-state index in [1.165, 1.54) is 0 Å². The van der Waals surface area contributed by atoms with Gasteiger partial charge in [0.1, 0.15) is 5.75 Å². The van der Waals surface area contributed by atoms with Crippen LogP contribution in [0, 0.1) is 5.92 Å². The molecule has 0 atom stereocenters. The lowest BCUT2D eigenvalue weighted by Gasteiger charge is -2.34. The van der Waals surface area contributed by atoms with Gasteiger partial charge in [0.15, 0.2) is 0 Å². The fourth-order valence-electron chi connectivity index (χ4n) is 2.99. The van der Waals surface area contributed by atoms with E-state index in [1.54, 1.807) is 0 Å². The average Bonchev–Trinajstić information content (AvgIpc) is 2.67. The van der Waals surface area contributed by atoms with E-state index in [1.807, 2.05) is 53.6 Å². The van der Waals surface area contributed by atoms with E-state index in [4.69, 9.17) is 4.74 Å². The summed E-state index contributed by atoms with van der Waals surface area (Å²) in [5, 5.41) is 0. The second-order valence-corrected chi connectivity index (χ2v) is 7.12. The first-order valence-electron chi connectivity index (χ1n) is 9.26. The van der Waals surface area contributed by atoms with Gasteiger partial charge >= 0.3 is 0 Å². The zero-order valence-electron chi connectivity index (χ0n) is 15.6. The molecule has 0 unspecified atom stereocenters. The van der Waals surface area contributed by atoms with E-state index < -0.39 is 0 Å². The minimum absolute atomic E-state index is 0.0810. The third kappa shape index (κ3) is 5.05. The van der Waals surface area contributed by atoms with Crippen molar-refractivity contribution in [3.63, 3.8) is 0 Å². The molecule has 1 aromatic carbocycles. The topological polar surface area (TPSA) is 45.7 Å². The molecule has 0 radical (unpaired) electrons. The minimum atomic E-state index is 0.0810. The summed E-state index contributed by atoms with van der Waals surface area (Å²) in [6.45, 7) is 8.92. The van der Waals surface area contributed by atoms with Crippen molar-refractivity contribution in [3.05, 3.63) is 59.9 Å². The average molecular weight is 353 g/mol. The Bertz CT molecular complexity index is 710. The van der Waals surface area contributed by atoms with Gasteiger partial charge in [-0.1, -0.05) is 26.0 Å². The lowest BCUT2D eigenvalue weighted by Crippen LogP contribution is -2.48. The monoisotopic (exact) mass is 353 g/mol. The summed E-state index contributed by atoms with van der Waals surface area (Å²) < 4.78 is 5.74. The van der Waals surface area contributed by atoms with Gasteiger partial charge in [-0.05, 0) is 36.2 Å². The Morgan fingerprint density at radius 1 is 1.12 bits per heavy atom. The van der Waals surface area contributed by atoms with E-state index in [-0.39, 0.29) is 5.91 Å². The maximum absolute atomic E-state index is 12.8. The van der Waals surface area contributed by atoms with Crippen LogP contribution in [0.3, 0.4) is 0 Å². The van der Waals surface area contributed by atoms with Gasteiger partial charge in [0.05, 0.1) is 12.3 Å². The molecule has 0 aliphatic carbocycles. The largest absolute Gasteiger partial charge is 0.493 e. The third-order valence-corrected chi connectivity index (χ3v) is 4.44. The van der Waals surface area contributed by atoms with E-state index in [0.717, 1.165) is 44.2 Å². The van der Waals surface area contributed by atoms with Gasteiger partial charge in [0.25, 0.3) is 5.91 Å². The zero-order valence-corrected chi connectivity index (χ0v) is 15.6. The van der Waals surface area contributed by atoms with Crippen molar-refractivity contribution in [2.75, 3.05) is 32.8 Å². The van der Waals surface area contributed by atoms with Crippen LogP contribution in [0.4, 0.5) is 0 Å². The van der Waals surface area contributed by atoms with Crippen LogP contribution in [-0.2, 0) is 6.54 Å². The number of aromatic nitrogens is 1. The van der Waals surface area contributed by atoms with Crippen molar-refractivity contribution in [2.45, 2.75) is 20.4 Å².